The maximum absolute atomic E-state index is 2.45. The van der Waals surface area contributed by atoms with Gasteiger partial charge in [-0.1, -0.05) is 115 Å². The second-order valence-corrected chi connectivity index (χ2v) is 12.1. The largest absolute Gasteiger partial charge is 0.337 e. The Kier molecular flexibility index (Phi) is 5.58. The molecule has 0 unspecified atom stereocenters. The molecule has 0 spiro atoms. The lowest BCUT2D eigenvalue weighted by Gasteiger charge is -2.33. The molecule has 0 radical (unpaired) electrons. The summed E-state index contributed by atoms with van der Waals surface area (Å²) in [5, 5.41) is 2.69. The van der Waals surface area contributed by atoms with Crippen molar-refractivity contribution >= 4 is 42.9 Å². The standard InChI is InChI=1S/C39H29NS/c1-39(34-21-11-8-18-30(34)31-19-9-12-22-35(31)39)37-27(24-25-33-32-20-10-13-23-36(32)41-38(33)37)26-40(28-14-4-2-5-15-28)29-16-6-3-7-17-29/h2-25H,26H2,1H3. The SMILES string of the molecule is CC1(c2c(CN(c3ccccc3)c3ccccc3)ccc3c2sc2ccccc23)c2ccccc2-c2ccccc21. The van der Waals surface area contributed by atoms with Crippen molar-refractivity contribution in [1.29, 1.82) is 0 Å². The summed E-state index contributed by atoms with van der Waals surface area (Å²) in [6, 6.07) is 53.2. The van der Waals surface area contributed by atoms with Crippen molar-refractivity contribution in [3.8, 4) is 11.1 Å². The highest BCUT2D eigenvalue weighted by atomic mass is 32.1. The number of rotatable bonds is 5. The van der Waals surface area contributed by atoms with E-state index >= 15 is 0 Å². The van der Waals surface area contributed by atoms with E-state index in [-0.39, 0.29) is 5.41 Å². The van der Waals surface area contributed by atoms with Gasteiger partial charge in [0.2, 0.25) is 0 Å². The van der Waals surface area contributed by atoms with E-state index in [2.05, 4.69) is 157 Å². The number of nitrogens with zero attached hydrogens (tertiary/aromatic N) is 1. The molecule has 0 N–H and O–H groups in total. The van der Waals surface area contributed by atoms with Crippen LogP contribution in [0.1, 0.15) is 29.2 Å². The summed E-state index contributed by atoms with van der Waals surface area (Å²) in [6.45, 7) is 3.23. The van der Waals surface area contributed by atoms with Gasteiger partial charge in [0, 0.05) is 43.5 Å². The highest BCUT2D eigenvalue weighted by Gasteiger charge is 2.43. The first-order valence-electron chi connectivity index (χ1n) is 14.2. The van der Waals surface area contributed by atoms with Gasteiger partial charge in [-0.25, -0.2) is 0 Å². The van der Waals surface area contributed by atoms with Crippen molar-refractivity contribution in [1.82, 2.24) is 0 Å². The summed E-state index contributed by atoms with van der Waals surface area (Å²) >= 11 is 1.94. The molecular formula is C39H29NS. The Morgan fingerprint density at radius 3 is 1.71 bits per heavy atom. The van der Waals surface area contributed by atoms with E-state index in [4.69, 9.17) is 0 Å². The number of fused-ring (bicyclic) bond motifs is 6. The molecule has 0 aliphatic heterocycles. The van der Waals surface area contributed by atoms with Gasteiger partial charge in [-0.15, -0.1) is 11.3 Å². The lowest BCUT2D eigenvalue weighted by molar-refractivity contribution is 0.708. The lowest BCUT2D eigenvalue weighted by Crippen LogP contribution is -2.27. The van der Waals surface area contributed by atoms with Gasteiger partial charge in [0.15, 0.2) is 0 Å². The van der Waals surface area contributed by atoms with Crippen LogP contribution in [0, 0.1) is 0 Å². The van der Waals surface area contributed by atoms with Crippen LogP contribution in [-0.4, -0.2) is 0 Å². The average molecular weight is 544 g/mol. The number of benzene rings is 6. The molecule has 1 heterocycles. The molecule has 1 aromatic heterocycles. The van der Waals surface area contributed by atoms with Crippen LogP contribution in [0.3, 0.4) is 0 Å². The number of hydrogen-bond acceptors (Lipinski definition) is 2. The Morgan fingerprint density at radius 1 is 0.537 bits per heavy atom. The van der Waals surface area contributed by atoms with E-state index in [1.165, 1.54) is 64.9 Å². The van der Waals surface area contributed by atoms with Crippen molar-refractivity contribution in [2.45, 2.75) is 18.9 Å². The summed E-state index contributed by atoms with van der Waals surface area (Å²) in [6.07, 6.45) is 0. The van der Waals surface area contributed by atoms with Gasteiger partial charge in [0.05, 0.1) is 0 Å². The van der Waals surface area contributed by atoms with Crippen LogP contribution in [0.15, 0.2) is 146 Å². The Morgan fingerprint density at radius 2 is 1.07 bits per heavy atom. The van der Waals surface area contributed by atoms with E-state index < -0.39 is 0 Å². The topological polar surface area (TPSA) is 3.24 Å². The van der Waals surface area contributed by atoms with Crippen LogP contribution in [0.5, 0.6) is 0 Å². The van der Waals surface area contributed by atoms with Crippen LogP contribution < -0.4 is 4.90 Å². The fraction of sp³-hybridized carbons (Fsp3) is 0.0769. The van der Waals surface area contributed by atoms with Gasteiger partial charge in [0.25, 0.3) is 0 Å². The van der Waals surface area contributed by atoms with Gasteiger partial charge in [-0.05, 0) is 70.6 Å². The molecule has 7 aromatic rings. The quantitative estimate of drug-likeness (QED) is 0.209. The van der Waals surface area contributed by atoms with Crippen LogP contribution >= 0.6 is 11.3 Å². The van der Waals surface area contributed by atoms with E-state index in [1.54, 1.807) is 0 Å². The fourth-order valence-electron chi connectivity index (χ4n) is 6.95. The Balaban J connectivity index is 1.44. The third-order valence-electron chi connectivity index (χ3n) is 8.82. The van der Waals surface area contributed by atoms with Crippen LogP contribution in [0.2, 0.25) is 0 Å². The zero-order valence-corrected chi connectivity index (χ0v) is 23.7. The second kappa shape index (κ2) is 9.47. The molecule has 0 atom stereocenters. The predicted molar refractivity (Wildman–Crippen MR) is 175 cm³/mol. The summed E-state index contributed by atoms with van der Waals surface area (Å²) in [5.41, 5.74) is 10.3. The van der Waals surface area contributed by atoms with Gasteiger partial charge < -0.3 is 4.90 Å². The summed E-state index contributed by atoms with van der Waals surface area (Å²) in [5.74, 6) is 0. The molecule has 0 saturated heterocycles. The third kappa shape index (κ3) is 3.68. The molecule has 0 saturated carbocycles. The molecule has 0 bridgehead atoms. The highest BCUT2D eigenvalue weighted by Crippen LogP contribution is 2.56. The number of anilines is 2. The van der Waals surface area contributed by atoms with Crippen LogP contribution in [0.4, 0.5) is 11.4 Å². The third-order valence-corrected chi connectivity index (χ3v) is 10.0. The number of para-hydroxylation sites is 2. The molecule has 1 aliphatic rings. The average Bonchev–Trinajstić information content (AvgIpc) is 3.54. The predicted octanol–water partition coefficient (Wildman–Crippen LogP) is 10.7. The summed E-state index contributed by atoms with van der Waals surface area (Å²) in [7, 11) is 0. The first-order valence-corrected chi connectivity index (χ1v) is 15.1. The molecule has 8 rings (SSSR count). The number of hydrogen-bond donors (Lipinski definition) is 0. The van der Waals surface area contributed by atoms with Crippen molar-refractivity contribution in [2.24, 2.45) is 0 Å². The van der Waals surface area contributed by atoms with Crippen molar-refractivity contribution in [2.75, 3.05) is 4.90 Å². The maximum Gasteiger partial charge on any atom is 0.0485 e. The zero-order chi connectivity index (χ0) is 27.4. The molecule has 1 nitrogen and oxygen atoms in total. The van der Waals surface area contributed by atoms with Crippen molar-refractivity contribution in [3.63, 3.8) is 0 Å². The molecule has 0 amide bonds. The molecule has 6 aromatic carbocycles. The first kappa shape index (κ1) is 24.2. The van der Waals surface area contributed by atoms with E-state index in [1.807, 2.05) is 11.3 Å². The number of thiophene rings is 1. The molecule has 196 valence electrons. The Bertz CT molecular complexity index is 1950. The maximum atomic E-state index is 2.45. The molecule has 41 heavy (non-hydrogen) atoms. The molecule has 2 heteroatoms. The zero-order valence-electron chi connectivity index (χ0n) is 22.9. The highest BCUT2D eigenvalue weighted by molar-refractivity contribution is 7.26. The Hall–Kier alpha value is -4.66. The van der Waals surface area contributed by atoms with Gasteiger partial charge >= 0.3 is 0 Å². The lowest BCUT2D eigenvalue weighted by atomic mass is 9.72. The minimum absolute atomic E-state index is 0.290. The smallest absolute Gasteiger partial charge is 0.0485 e. The normalized spacial score (nSPS) is 13.3. The van der Waals surface area contributed by atoms with Crippen molar-refractivity contribution in [3.05, 3.63) is 168 Å². The molecule has 0 fully saturated rings. The summed E-state index contributed by atoms with van der Waals surface area (Å²) < 4.78 is 2.73. The van der Waals surface area contributed by atoms with E-state index in [9.17, 15) is 0 Å². The van der Waals surface area contributed by atoms with Crippen LogP contribution in [-0.2, 0) is 12.0 Å². The van der Waals surface area contributed by atoms with E-state index in [0.29, 0.717) is 0 Å². The van der Waals surface area contributed by atoms with Crippen LogP contribution in [0.25, 0.3) is 31.3 Å². The van der Waals surface area contributed by atoms with Gasteiger partial charge in [-0.2, -0.15) is 0 Å². The van der Waals surface area contributed by atoms with Gasteiger partial charge in [-0.3, -0.25) is 0 Å². The Labute approximate surface area is 245 Å². The monoisotopic (exact) mass is 543 g/mol. The van der Waals surface area contributed by atoms with Crippen molar-refractivity contribution < 1.29 is 0 Å². The van der Waals surface area contributed by atoms with E-state index in [0.717, 1.165) is 6.54 Å². The first-order chi connectivity index (χ1) is 20.2. The second-order valence-electron chi connectivity index (χ2n) is 11.0. The summed E-state index contributed by atoms with van der Waals surface area (Å²) in [4.78, 5) is 2.45. The fourth-order valence-corrected chi connectivity index (χ4v) is 8.33. The van der Waals surface area contributed by atoms with Gasteiger partial charge in [0.1, 0.15) is 0 Å². The minimum atomic E-state index is -0.290. The molecular weight excluding hydrogens is 515 g/mol. The minimum Gasteiger partial charge on any atom is -0.337 e. The molecule has 1 aliphatic carbocycles.